The highest BCUT2D eigenvalue weighted by molar-refractivity contribution is 7.92. The van der Waals surface area contributed by atoms with Gasteiger partial charge in [-0.25, -0.2) is 17.6 Å². The molecule has 1 heterocycles. The molecule has 1 aliphatic heterocycles. The van der Waals surface area contributed by atoms with Crippen molar-refractivity contribution in [3.05, 3.63) is 35.9 Å². The maximum absolute atomic E-state index is 14.0. The van der Waals surface area contributed by atoms with E-state index in [-0.39, 0.29) is 18.7 Å². The van der Waals surface area contributed by atoms with Crippen molar-refractivity contribution in [2.24, 2.45) is 0 Å². The highest BCUT2D eigenvalue weighted by atomic mass is 32.2. The Morgan fingerprint density at radius 3 is 2.38 bits per heavy atom. The minimum Gasteiger partial charge on any atom is -0.444 e. The SMILES string of the molecule is CC(C)(C)OC(=O)N[C@H](C(=O)N1C[C@@H](F)C[C@H]1C#N)C(C)(C)S(=O)(=O)Cc1ccccc1. The van der Waals surface area contributed by atoms with Crippen LogP contribution in [0.5, 0.6) is 0 Å². The number of alkyl carbamates (subject to hydrolysis) is 1. The number of alkyl halides is 1. The van der Waals surface area contributed by atoms with Gasteiger partial charge in [0.2, 0.25) is 5.91 Å². The molecule has 1 aromatic carbocycles. The number of carbonyl (C=O) groups is 2. The number of hydrogen-bond acceptors (Lipinski definition) is 6. The lowest BCUT2D eigenvalue weighted by Gasteiger charge is -2.36. The molecular formula is C22H30FN3O5S. The van der Waals surface area contributed by atoms with E-state index in [1.54, 1.807) is 51.1 Å². The monoisotopic (exact) mass is 467 g/mol. The topological polar surface area (TPSA) is 117 Å². The molecule has 1 saturated heterocycles. The van der Waals surface area contributed by atoms with Crippen molar-refractivity contribution in [1.82, 2.24) is 10.2 Å². The molecule has 0 radical (unpaired) electrons. The van der Waals surface area contributed by atoms with E-state index in [0.29, 0.717) is 5.56 Å². The number of nitrogens with one attached hydrogen (secondary N) is 1. The van der Waals surface area contributed by atoms with Crippen LogP contribution in [0, 0.1) is 11.3 Å². The van der Waals surface area contributed by atoms with Crippen LogP contribution in [-0.2, 0) is 25.1 Å². The Kier molecular flexibility index (Phi) is 7.55. The van der Waals surface area contributed by atoms with Crippen molar-refractivity contribution in [2.75, 3.05) is 6.54 Å². The summed E-state index contributed by atoms with van der Waals surface area (Å²) in [4.78, 5) is 26.9. The first-order valence-electron chi connectivity index (χ1n) is 10.3. The van der Waals surface area contributed by atoms with Crippen molar-refractivity contribution in [3.63, 3.8) is 0 Å². The number of hydrogen-bond donors (Lipinski definition) is 1. The lowest BCUT2D eigenvalue weighted by Crippen LogP contribution is -2.62. The van der Waals surface area contributed by atoms with Gasteiger partial charge in [0, 0.05) is 6.42 Å². The highest BCUT2D eigenvalue weighted by Crippen LogP contribution is 2.30. The van der Waals surface area contributed by atoms with Crippen LogP contribution in [0.4, 0.5) is 9.18 Å². The van der Waals surface area contributed by atoms with Gasteiger partial charge in [0.1, 0.15) is 23.9 Å². The number of halogens is 1. The third kappa shape index (κ3) is 5.97. The number of carbonyl (C=O) groups excluding carboxylic acids is 2. The molecule has 1 N–H and O–H groups in total. The van der Waals surface area contributed by atoms with Gasteiger partial charge >= 0.3 is 6.09 Å². The van der Waals surface area contributed by atoms with Crippen LogP contribution in [-0.4, -0.2) is 60.5 Å². The lowest BCUT2D eigenvalue weighted by atomic mass is 10.0. The molecule has 0 aromatic heterocycles. The highest BCUT2D eigenvalue weighted by Gasteiger charge is 2.50. The molecule has 32 heavy (non-hydrogen) atoms. The number of nitriles is 1. The molecule has 176 valence electrons. The van der Waals surface area contributed by atoms with E-state index in [2.05, 4.69) is 5.32 Å². The van der Waals surface area contributed by atoms with Crippen LogP contribution in [0.1, 0.15) is 46.6 Å². The minimum atomic E-state index is -4.01. The number of benzene rings is 1. The predicted molar refractivity (Wildman–Crippen MR) is 117 cm³/mol. The summed E-state index contributed by atoms with van der Waals surface area (Å²) in [5.74, 6) is -1.21. The maximum atomic E-state index is 14.0. The fourth-order valence-electron chi connectivity index (χ4n) is 3.43. The average Bonchev–Trinajstić information content (AvgIpc) is 3.05. The van der Waals surface area contributed by atoms with Crippen LogP contribution >= 0.6 is 0 Å². The van der Waals surface area contributed by atoms with Gasteiger partial charge in [0.15, 0.2) is 9.84 Å². The minimum absolute atomic E-state index is 0.168. The first kappa shape index (κ1) is 25.6. The summed E-state index contributed by atoms with van der Waals surface area (Å²) in [6.07, 6.45) is -2.56. The zero-order chi connectivity index (χ0) is 24.3. The number of sulfone groups is 1. The molecule has 10 heteroatoms. The molecule has 0 unspecified atom stereocenters. The normalized spacial score (nSPS) is 20.3. The first-order chi connectivity index (χ1) is 14.7. The summed E-state index contributed by atoms with van der Waals surface area (Å²) in [6, 6.07) is 7.67. The standard InChI is InChI=1S/C22H30FN3O5S/c1-21(2,3)31-20(28)25-18(19(27)26-13-16(23)11-17(26)12-24)22(4,5)32(29,30)14-15-9-7-6-8-10-15/h6-10,16-18H,11,13-14H2,1-5H3,(H,25,28)/t16-,17-,18+/m0/s1. The summed E-state index contributed by atoms with van der Waals surface area (Å²) in [5.41, 5.74) is -0.374. The first-order valence-corrected chi connectivity index (χ1v) is 11.9. The van der Waals surface area contributed by atoms with Crippen LogP contribution < -0.4 is 5.32 Å². The van der Waals surface area contributed by atoms with E-state index in [1.807, 2.05) is 6.07 Å². The number of amides is 2. The number of likely N-dealkylation sites (tertiary alicyclic amines) is 1. The smallest absolute Gasteiger partial charge is 0.408 e. The van der Waals surface area contributed by atoms with Crippen molar-refractivity contribution in [2.45, 2.75) is 75.4 Å². The quantitative estimate of drug-likeness (QED) is 0.688. The molecule has 1 aromatic rings. The van der Waals surface area contributed by atoms with Crippen molar-refractivity contribution in [3.8, 4) is 6.07 Å². The summed E-state index contributed by atoms with van der Waals surface area (Å²) in [7, 11) is -4.01. The van der Waals surface area contributed by atoms with Gasteiger partial charge in [-0.2, -0.15) is 5.26 Å². The van der Waals surface area contributed by atoms with E-state index >= 15 is 0 Å². The van der Waals surface area contributed by atoms with E-state index < -0.39 is 50.4 Å². The third-order valence-corrected chi connectivity index (χ3v) is 7.84. The summed E-state index contributed by atoms with van der Waals surface area (Å²) >= 11 is 0. The summed E-state index contributed by atoms with van der Waals surface area (Å²) in [5, 5.41) is 11.7. The second-order valence-corrected chi connectivity index (χ2v) is 12.0. The van der Waals surface area contributed by atoms with E-state index in [4.69, 9.17) is 4.74 Å². The van der Waals surface area contributed by atoms with Crippen LogP contribution in [0.25, 0.3) is 0 Å². The molecule has 2 rings (SSSR count). The Hall–Kier alpha value is -2.67. The van der Waals surface area contributed by atoms with Gasteiger partial charge < -0.3 is 15.0 Å². The fraction of sp³-hybridized carbons (Fsp3) is 0.591. The molecule has 0 saturated carbocycles. The van der Waals surface area contributed by atoms with Gasteiger partial charge in [-0.15, -0.1) is 0 Å². The molecule has 8 nitrogen and oxygen atoms in total. The van der Waals surface area contributed by atoms with Crippen LogP contribution in [0.3, 0.4) is 0 Å². The third-order valence-electron chi connectivity index (χ3n) is 5.29. The molecule has 0 spiro atoms. The lowest BCUT2D eigenvalue weighted by molar-refractivity contribution is -0.134. The predicted octanol–water partition coefficient (Wildman–Crippen LogP) is 2.74. The van der Waals surface area contributed by atoms with Gasteiger partial charge in [-0.1, -0.05) is 30.3 Å². The van der Waals surface area contributed by atoms with Crippen LogP contribution in [0.2, 0.25) is 0 Å². The van der Waals surface area contributed by atoms with Gasteiger partial charge in [-0.3, -0.25) is 4.79 Å². The van der Waals surface area contributed by atoms with E-state index in [9.17, 15) is 27.7 Å². The Balaban J connectivity index is 2.42. The van der Waals surface area contributed by atoms with Gasteiger partial charge in [0.05, 0.1) is 23.1 Å². The van der Waals surface area contributed by atoms with E-state index in [1.165, 1.54) is 13.8 Å². The largest absolute Gasteiger partial charge is 0.444 e. The van der Waals surface area contributed by atoms with Crippen molar-refractivity contribution < 1.29 is 27.1 Å². The number of rotatable bonds is 6. The molecule has 2 amide bonds. The summed E-state index contributed by atoms with van der Waals surface area (Å²) in [6.45, 7) is 7.19. The van der Waals surface area contributed by atoms with Crippen LogP contribution in [0.15, 0.2) is 30.3 Å². The van der Waals surface area contributed by atoms with Gasteiger partial charge in [-0.05, 0) is 40.2 Å². The fourth-order valence-corrected chi connectivity index (χ4v) is 4.96. The molecule has 1 fully saturated rings. The molecule has 0 aliphatic carbocycles. The zero-order valence-electron chi connectivity index (χ0n) is 19.0. The van der Waals surface area contributed by atoms with Crippen molar-refractivity contribution in [1.29, 1.82) is 5.26 Å². The maximum Gasteiger partial charge on any atom is 0.408 e. The molecule has 3 atom stereocenters. The molecule has 0 bridgehead atoms. The average molecular weight is 468 g/mol. The Morgan fingerprint density at radius 1 is 1.25 bits per heavy atom. The Labute approximate surface area is 188 Å². The second kappa shape index (κ2) is 9.45. The Bertz CT molecular complexity index is 983. The zero-order valence-corrected chi connectivity index (χ0v) is 19.8. The van der Waals surface area contributed by atoms with E-state index in [0.717, 1.165) is 4.90 Å². The summed E-state index contributed by atoms with van der Waals surface area (Å²) < 4.78 is 44.1. The molecule has 1 aliphatic rings. The van der Waals surface area contributed by atoms with Crippen molar-refractivity contribution >= 4 is 21.8 Å². The number of ether oxygens (including phenoxy) is 1. The Morgan fingerprint density at radius 2 is 1.84 bits per heavy atom. The van der Waals surface area contributed by atoms with Gasteiger partial charge in [0.25, 0.3) is 0 Å². The molecular weight excluding hydrogens is 437 g/mol. The second-order valence-electron chi connectivity index (χ2n) is 9.40. The number of nitrogens with zero attached hydrogens (tertiary/aromatic N) is 2.